The molecule has 0 bridgehead atoms. The Morgan fingerprint density at radius 3 is 2.58 bits per heavy atom. The number of hydrogen-bond donors (Lipinski definition) is 1. The maximum absolute atomic E-state index is 11.7. The van der Waals surface area contributed by atoms with E-state index in [0.29, 0.717) is 5.82 Å². The summed E-state index contributed by atoms with van der Waals surface area (Å²) in [6.45, 7) is 0.840. The third-order valence-corrected chi connectivity index (χ3v) is 4.12. The van der Waals surface area contributed by atoms with Crippen molar-refractivity contribution in [3.8, 4) is 5.75 Å². The number of ether oxygens (including phenoxy) is 1. The molecular formula is C13H22N4O2. The SMILES string of the molecule is COc1c(N(C)CC2(N(C)C)CCC2)nc[nH]c1=O. The van der Waals surface area contributed by atoms with E-state index in [1.54, 1.807) is 0 Å². The number of anilines is 1. The van der Waals surface area contributed by atoms with Gasteiger partial charge in [0.25, 0.3) is 5.56 Å². The summed E-state index contributed by atoms with van der Waals surface area (Å²) in [5.74, 6) is 0.873. The number of rotatable bonds is 5. The first kappa shape index (κ1) is 13.9. The Morgan fingerprint density at radius 2 is 2.11 bits per heavy atom. The molecule has 106 valence electrons. The highest BCUT2D eigenvalue weighted by Crippen LogP contribution is 2.37. The lowest BCUT2D eigenvalue weighted by Crippen LogP contribution is -2.57. The highest BCUT2D eigenvalue weighted by molar-refractivity contribution is 5.50. The van der Waals surface area contributed by atoms with E-state index >= 15 is 0 Å². The lowest BCUT2D eigenvalue weighted by Gasteiger charge is -2.49. The summed E-state index contributed by atoms with van der Waals surface area (Å²) in [5, 5.41) is 0. The van der Waals surface area contributed by atoms with Gasteiger partial charge in [0, 0.05) is 19.1 Å². The van der Waals surface area contributed by atoms with Gasteiger partial charge >= 0.3 is 0 Å². The number of likely N-dealkylation sites (N-methyl/N-ethyl adjacent to an activating group) is 2. The summed E-state index contributed by atoms with van der Waals surface area (Å²) in [4.78, 5) is 22.7. The predicted octanol–water partition coefficient (Wildman–Crippen LogP) is 0.699. The van der Waals surface area contributed by atoms with E-state index in [2.05, 4.69) is 29.0 Å². The zero-order valence-corrected chi connectivity index (χ0v) is 12.1. The first-order chi connectivity index (χ1) is 9.00. The molecule has 1 fully saturated rings. The van der Waals surface area contributed by atoms with Gasteiger partial charge in [0.15, 0.2) is 5.82 Å². The fraction of sp³-hybridized carbons (Fsp3) is 0.692. The van der Waals surface area contributed by atoms with Gasteiger partial charge in [0.05, 0.1) is 13.4 Å². The highest BCUT2D eigenvalue weighted by Gasteiger charge is 2.40. The van der Waals surface area contributed by atoms with Gasteiger partial charge in [0.2, 0.25) is 5.75 Å². The van der Waals surface area contributed by atoms with E-state index < -0.39 is 0 Å². The van der Waals surface area contributed by atoms with Gasteiger partial charge in [-0.2, -0.15) is 0 Å². The zero-order chi connectivity index (χ0) is 14.0. The Hall–Kier alpha value is -1.56. The van der Waals surface area contributed by atoms with Gasteiger partial charge in [-0.1, -0.05) is 0 Å². The number of nitrogens with one attached hydrogen (secondary N) is 1. The molecule has 1 N–H and O–H groups in total. The van der Waals surface area contributed by atoms with Crippen molar-refractivity contribution in [3.05, 3.63) is 16.7 Å². The smallest absolute Gasteiger partial charge is 0.295 e. The van der Waals surface area contributed by atoms with Crippen molar-refractivity contribution in [2.75, 3.05) is 39.7 Å². The fourth-order valence-electron chi connectivity index (χ4n) is 2.68. The van der Waals surface area contributed by atoms with Gasteiger partial charge in [0.1, 0.15) is 0 Å². The van der Waals surface area contributed by atoms with E-state index in [9.17, 15) is 4.79 Å². The second-order valence-electron chi connectivity index (χ2n) is 5.42. The van der Waals surface area contributed by atoms with E-state index in [-0.39, 0.29) is 16.8 Å². The third-order valence-electron chi connectivity index (χ3n) is 4.12. The molecule has 0 aliphatic heterocycles. The highest BCUT2D eigenvalue weighted by atomic mass is 16.5. The number of hydrogen-bond acceptors (Lipinski definition) is 5. The molecule has 1 heterocycles. The Bertz CT molecular complexity index is 494. The summed E-state index contributed by atoms with van der Waals surface area (Å²) >= 11 is 0. The van der Waals surface area contributed by atoms with Crippen LogP contribution in [0.25, 0.3) is 0 Å². The molecule has 0 saturated heterocycles. The second kappa shape index (κ2) is 5.21. The monoisotopic (exact) mass is 266 g/mol. The van der Waals surface area contributed by atoms with Crippen LogP contribution in [0.15, 0.2) is 11.1 Å². The topological polar surface area (TPSA) is 61.5 Å². The number of methoxy groups -OCH3 is 1. The van der Waals surface area contributed by atoms with E-state index in [1.807, 2.05) is 11.9 Å². The molecule has 1 saturated carbocycles. The van der Waals surface area contributed by atoms with E-state index in [0.717, 1.165) is 6.54 Å². The van der Waals surface area contributed by atoms with Crippen LogP contribution in [0.1, 0.15) is 19.3 Å². The van der Waals surface area contributed by atoms with Crippen LogP contribution in [0.5, 0.6) is 5.75 Å². The molecular weight excluding hydrogens is 244 g/mol. The maximum atomic E-state index is 11.7. The molecule has 0 amide bonds. The fourth-order valence-corrected chi connectivity index (χ4v) is 2.68. The molecule has 1 aliphatic carbocycles. The molecule has 0 unspecified atom stereocenters. The van der Waals surface area contributed by atoms with Crippen molar-refractivity contribution in [1.29, 1.82) is 0 Å². The summed E-state index contributed by atoms with van der Waals surface area (Å²) in [5.41, 5.74) is -0.0591. The Morgan fingerprint density at radius 1 is 1.42 bits per heavy atom. The van der Waals surface area contributed by atoms with Crippen LogP contribution in [-0.4, -0.2) is 55.2 Å². The Balaban J connectivity index is 2.23. The third kappa shape index (κ3) is 2.45. The molecule has 0 radical (unpaired) electrons. The summed E-state index contributed by atoms with van der Waals surface area (Å²) in [6, 6.07) is 0. The first-order valence-electron chi connectivity index (χ1n) is 6.50. The van der Waals surface area contributed by atoms with Crippen LogP contribution in [-0.2, 0) is 0 Å². The van der Waals surface area contributed by atoms with Gasteiger partial charge in [-0.05, 0) is 33.4 Å². The molecule has 1 aliphatic rings. The zero-order valence-electron chi connectivity index (χ0n) is 12.1. The maximum Gasteiger partial charge on any atom is 0.295 e. The molecule has 1 aromatic rings. The lowest BCUT2D eigenvalue weighted by molar-refractivity contribution is 0.0680. The molecule has 0 aromatic carbocycles. The average molecular weight is 266 g/mol. The van der Waals surface area contributed by atoms with Crippen molar-refractivity contribution in [2.45, 2.75) is 24.8 Å². The van der Waals surface area contributed by atoms with Crippen LogP contribution < -0.4 is 15.2 Å². The molecule has 0 atom stereocenters. The Kier molecular flexibility index (Phi) is 3.80. The van der Waals surface area contributed by atoms with Crippen molar-refractivity contribution in [3.63, 3.8) is 0 Å². The van der Waals surface area contributed by atoms with Gasteiger partial charge in [-0.3, -0.25) is 4.79 Å². The minimum Gasteiger partial charge on any atom is -0.489 e. The molecule has 6 heteroatoms. The molecule has 0 spiro atoms. The summed E-state index contributed by atoms with van der Waals surface area (Å²) in [7, 11) is 7.66. The number of aromatic amines is 1. The normalized spacial score (nSPS) is 17.1. The average Bonchev–Trinajstić information content (AvgIpc) is 2.32. The van der Waals surface area contributed by atoms with Crippen molar-refractivity contribution < 1.29 is 4.74 Å². The van der Waals surface area contributed by atoms with Gasteiger partial charge in [-0.25, -0.2) is 4.98 Å². The number of aromatic nitrogens is 2. The second-order valence-corrected chi connectivity index (χ2v) is 5.42. The van der Waals surface area contributed by atoms with E-state index in [4.69, 9.17) is 4.74 Å². The summed E-state index contributed by atoms with van der Waals surface area (Å²) < 4.78 is 5.16. The molecule has 1 aromatic heterocycles. The molecule has 6 nitrogen and oxygen atoms in total. The summed E-state index contributed by atoms with van der Waals surface area (Å²) in [6.07, 6.45) is 5.03. The van der Waals surface area contributed by atoms with Crippen LogP contribution in [0, 0.1) is 0 Å². The van der Waals surface area contributed by atoms with Gasteiger partial charge in [-0.15, -0.1) is 0 Å². The van der Waals surface area contributed by atoms with E-state index in [1.165, 1.54) is 32.7 Å². The lowest BCUT2D eigenvalue weighted by atomic mass is 9.75. The predicted molar refractivity (Wildman–Crippen MR) is 74.9 cm³/mol. The van der Waals surface area contributed by atoms with Gasteiger partial charge < -0.3 is 19.5 Å². The first-order valence-corrected chi connectivity index (χ1v) is 6.50. The van der Waals surface area contributed by atoms with Crippen molar-refractivity contribution in [1.82, 2.24) is 14.9 Å². The quantitative estimate of drug-likeness (QED) is 0.850. The Labute approximate surface area is 113 Å². The van der Waals surface area contributed by atoms with Crippen molar-refractivity contribution >= 4 is 5.82 Å². The van der Waals surface area contributed by atoms with Crippen LogP contribution in [0.4, 0.5) is 5.82 Å². The minimum absolute atomic E-state index is 0.185. The molecule has 19 heavy (non-hydrogen) atoms. The van der Waals surface area contributed by atoms with Crippen molar-refractivity contribution in [2.24, 2.45) is 0 Å². The number of nitrogens with zero attached hydrogens (tertiary/aromatic N) is 3. The van der Waals surface area contributed by atoms with Crippen LogP contribution >= 0.6 is 0 Å². The molecule has 2 rings (SSSR count). The largest absolute Gasteiger partial charge is 0.489 e. The van der Waals surface area contributed by atoms with Crippen LogP contribution in [0.2, 0.25) is 0 Å². The minimum atomic E-state index is -0.244. The number of H-pyrrole nitrogens is 1. The standard InChI is InChI=1S/C13H22N4O2/c1-16(2)13(6-5-7-13)8-17(3)11-10(19-4)12(18)15-9-14-11/h9H,5-8H2,1-4H3,(H,14,15,18). The van der Waals surface area contributed by atoms with Crippen LogP contribution in [0.3, 0.4) is 0 Å².